The molecular weight excluding hydrogens is 162 g/mol. The molecule has 0 saturated heterocycles. The Kier molecular flexibility index (Phi) is 3.94. The molecule has 3 nitrogen and oxygen atoms in total. The molecule has 0 amide bonds. The lowest BCUT2D eigenvalue weighted by atomic mass is 10.1. The fraction of sp³-hybridized carbons (Fsp3) is 0.400. The van der Waals surface area contributed by atoms with Gasteiger partial charge in [-0.05, 0) is 18.2 Å². The first-order chi connectivity index (χ1) is 6.38. The van der Waals surface area contributed by atoms with Crippen LogP contribution in [0, 0.1) is 12.3 Å². The molecule has 0 aliphatic carbocycles. The van der Waals surface area contributed by atoms with Crippen molar-refractivity contribution in [1.29, 1.82) is 0 Å². The Morgan fingerprint density at radius 3 is 3.00 bits per heavy atom. The zero-order valence-electron chi connectivity index (χ0n) is 7.70. The van der Waals surface area contributed by atoms with Gasteiger partial charge >= 0.3 is 0 Å². The second kappa shape index (κ2) is 5.28. The first kappa shape index (κ1) is 9.69. The Balaban J connectivity index is 2.71. The third-order valence-electron chi connectivity index (χ3n) is 1.78. The predicted octanol–water partition coefficient (Wildman–Crippen LogP) is 1.15. The van der Waals surface area contributed by atoms with Gasteiger partial charge in [0.05, 0.1) is 6.20 Å². The number of aromatic nitrogens is 2. The molecule has 1 atom stereocenters. The van der Waals surface area contributed by atoms with Crippen molar-refractivity contribution >= 4 is 0 Å². The summed E-state index contributed by atoms with van der Waals surface area (Å²) in [4.78, 5) is 0. The van der Waals surface area contributed by atoms with Crippen LogP contribution in [0.25, 0.3) is 0 Å². The van der Waals surface area contributed by atoms with E-state index in [2.05, 4.69) is 28.4 Å². The van der Waals surface area contributed by atoms with Crippen LogP contribution in [0.15, 0.2) is 18.5 Å². The van der Waals surface area contributed by atoms with Crippen molar-refractivity contribution in [3.8, 4) is 12.3 Å². The number of terminal acetylenes is 1. The van der Waals surface area contributed by atoms with Crippen molar-refractivity contribution in [2.24, 2.45) is 0 Å². The highest BCUT2D eigenvalue weighted by atomic mass is 15.1. The summed E-state index contributed by atoms with van der Waals surface area (Å²) in [7, 11) is 0. The zero-order valence-corrected chi connectivity index (χ0v) is 7.70. The Bertz CT molecular complexity index is 276. The minimum Gasteiger partial charge on any atom is -0.309 e. The molecule has 68 valence electrons. The maximum atomic E-state index is 5.27. The Morgan fingerprint density at radius 2 is 2.46 bits per heavy atom. The van der Waals surface area contributed by atoms with Crippen molar-refractivity contribution in [3.63, 3.8) is 0 Å². The van der Waals surface area contributed by atoms with Crippen molar-refractivity contribution in [1.82, 2.24) is 15.5 Å². The Labute approximate surface area is 78.6 Å². The van der Waals surface area contributed by atoms with Gasteiger partial charge in [0.15, 0.2) is 0 Å². The van der Waals surface area contributed by atoms with Crippen LogP contribution in [0.5, 0.6) is 0 Å². The van der Waals surface area contributed by atoms with Crippen LogP contribution < -0.4 is 5.32 Å². The smallest absolute Gasteiger partial charge is 0.0544 e. The molecule has 0 spiro atoms. The number of hydrogen-bond donors (Lipinski definition) is 1. The minimum atomic E-state index is 0.200. The monoisotopic (exact) mass is 175 g/mol. The topological polar surface area (TPSA) is 37.8 Å². The number of rotatable bonds is 4. The summed E-state index contributed by atoms with van der Waals surface area (Å²) in [5.41, 5.74) is 1.09. The maximum Gasteiger partial charge on any atom is 0.0544 e. The minimum absolute atomic E-state index is 0.200. The molecule has 0 aliphatic heterocycles. The van der Waals surface area contributed by atoms with Crippen LogP contribution >= 0.6 is 0 Å². The van der Waals surface area contributed by atoms with Crippen LogP contribution in [0.3, 0.4) is 0 Å². The van der Waals surface area contributed by atoms with E-state index >= 15 is 0 Å². The largest absolute Gasteiger partial charge is 0.309 e. The molecule has 0 bridgehead atoms. The summed E-state index contributed by atoms with van der Waals surface area (Å²) in [5.74, 6) is 2.64. The number of nitrogens with zero attached hydrogens (tertiary/aromatic N) is 2. The van der Waals surface area contributed by atoms with Crippen LogP contribution in [-0.2, 0) is 0 Å². The van der Waals surface area contributed by atoms with E-state index in [1.165, 1.54) is 0 Å². The molecule has 0 saturated carbocycles. The van der Waals surface area contributed by atoms with Gasteiger partial charge in [-0.2, -0.15) is 10.2 Å². The summed E-state index contributed by atoms with van der Waals surface area (Å²) in [6.07, 6.45) is 9.37. The van der Waals surface area contributed by atoms with Crippen LogP contribution in [0.4, 0.5) is 0 Å². The molecule has 0 fully saturated rings. The van der Waals surface area contributed by atoms with Crippen LogP contribution in [-0.4, -0.2) is 16.7 Å². The van der Waals surface area contributed by atoms with Crippen LogP contribution in [0.2, 0.25) is 0 Å². The van der Waals surface area contributed by atoms with Gasteiger partial charge in [0, 0.05) is 18.7 Å². The molecule has 0 aromatic carbocycles. The van der Waals surface area contributed by atoms with E-state index in [1.54, 1.807) is 12.4 Å². The summed E-state index contributed by atoms with van der Waals surface area (Å²) < 4.78 is 0. The fourth-order valence-electron chi connectivity index (χ4n) is 1.18. The summed E-state index contributed by atoms with van der Waals surface area (Å²) in [6.45, 7) is 2.95. The standard InChI is InChI=1S/C10H13N3/c1-3-5-10(11-4-2)9-6-7-12-13-8-9/h1,6-8,10-11H,4-5H2,2H3. The quantitative estimate of drug-likeness (QED) is 0.697. The average molecular weight is 175 g/mol. The SMILES string of the molecule is C#CCC(NCC)c1ccnnc1. The van der Waals surface area contributed by atoms with Gasteiger partial charge in [-0.15, -0.1) is 12.3 Å². The molecule has 1 N–H and O–H groups in total. The van der Waals surface area contributed by atoms with E-state index < -0.39 is 0 Å². The van der Waals surface area contributed by atoms with E-state index in [4.69, 9.17) is 6.42 Å². The van der Waals surface area contributed by atoms with E-state index in [0.717, 1.165) is 12.1 Å². The van der Waals surface area contributed by atoms with E-state index in [0.29, 0.717) is 6.42 Å². The second-order valence-corrected chi connectivity index (χ2v) is 2.69. The summed E-state index contributed by atoms with van der Waals surface area (Å²) >= 11 is 0. The van der Waals surface area contributed by atoms with Crippen molar-refractivity contribution in [3.05, 3.63) is 24.0 Å². The van der Waals surface area contributed by atoms with Gasteiger partial charge in [-0.25, -0.2) is 0 Å². The van der Waals surface area contributed by atoms with E-state index in [-0.39, 0.29) is 6.04 Å². The first-order valence-corrected chi connectivity index (χ1v) is 4.32. The highest BCUT2D eigenvalue weighted by Gasteiger charge is 2.07. The second-order valence-electron chi connectivity index (χ2n) is 2.69. The van der Waals surface area contributed by atoms with Gasteiger partial charge in [0.2, 0.25) is 0 Å². The van der Waals surface area contributed by atoms with Gasteiger partial charge < -0.3 is 5.32 Å². The third kappa shape index (κ3) is 2.85. The summed E-state index contributed by atoms with van der Waals surface area (Å²) in [6, 6.07) is 2.13. The summed E-state index contributed by atoms with van der Waals surface area (Å²) in [5, 5.41) is 10.8. The lowest BCUT2D eigenvalue weighted by Gasteiger charge is -2.14. The van der Waals surface area contributed by atoms with Gasteiger partial charge in [0.1, 0.15) is 0 Å². The van der Waals surface area contributed by atoms with Crippen molar-refractivity contribution in [2.75, 3.05) is 6.54 Å². The molecule has 1 rings (SSSR count). The number of nitrogens with one attached hydrogen (secondary N) is 1. The van der Waals surface area contributed by atoms with Crippen LogP contribution in [0.1, 0.15) is 24.9 Å². The van der Waals surface area contributed by atoms with Gasteiger partial charge in [-0.1, -0.05) is 6.92 Å². The number of hydrogen-bond acceptors (Lipinski definition) is 3. The van der Waals surface area contributed by atoms with Gasteiger partial charge in [0.25, 0.3) is 0 Å². The molecule has 0 radical (unpaired) electrons. The first-order valence-electron chi connectivity index (χ1n) is 4.32. The highest BCUT2D eigenvalue weighted by Crippen LogP contribution is 2.13. The van der Waals surface area contributed by atoms with Gasteiger partial charge in [-0.3, -0.25) is 0 Å². The highest BCUT2D eigenvalue weighted by molar-refractivity contribution is 5.13. The molecule has 1 aromatic rings. The zero-order chi connectivity index (χ0) is 9.52. The Morgan fingerprint density at radius 1 is 1.62 bits per heavy atom. The van der Waals surface area contributed by atoms with Crippen molar-refractivity contribution in [2.45, 2.75) is 19.4 Å². The molecule has 3 heteroatoms. The third-order valence-corrected chi connectivity index (χ3v) is 1.78. The lowest BCUT2D eigenvalue weighted by molar-refractivity contribution is 0.562. The lowest BCUT2D eigenvalue weighted by Crippen LogP contribution is -2.20. The maximum absolute atomic E-state index is 5.27. The normalized spacial score (nSPS) is 12.0. The molecule has 13 heavy (non-hydrogen) atoms. The van der Waals surface area contributed by atoms with E-state index in [9.17, 15) is 0 Å². The molecular formula is C10H13N3. The molecule has 1 heterocycles. The molecule has 1 aromatic heterocycles. The Hall–Kier alpha value is -1.40. The average Bonchev–Trinajstić information content (AvgIpc) is 2.19. The van der Waals surface area contributed by atoms with E-state index in [1.807, 2.05) is 6.07 Å². The van der Waals surface area contributed by atoms with Crippen molar-refractivity contribution < 1.29 is 0 Å². The predicted molar refractivity (Wildman–Crippen MR) is 51.9 cm³/mol. The fourth-order valence-corrected chi connectivity index (χ4v) is 1.18. The molecule has 1 unspecified atom stereocenters. The molecule has 0 aliphatic rings.